The van der Waals surface area contributed by atoms with Gasteiger partial charge in [0.05, 0.1) is 12.7 Å². The first-order chi connectivity index (χ1) is 10.9. The summed E-state index contributed by atoms with van der Waals surface area (Å²) in [6.45, 7) is 9.44. The monoisotopic (exact) mass is 322 g/mol. The highest BCUT2D eigenvalue weighted by Crippen LogP contribution is 2.21. The van der Waals surface area contributed by atoms with Crippen LogP contribution in [0.1, 0.15) is 37.6 Å². The minimum absolute atomic E-state index is 0.00651. The largest absolute Gasteiger partial charge is 0.496 e. The fourth-order valence-electron chi connectivity index (χ4n) is 3.53. The number of hydrogen-bond donors (Lipinski definition) is 1. The Morgan fingerprint density at radius 3 is 2.65 bits per heavy atom. The van der Waals surface area contributed by atoms with Gasteiger partial charge in [-0.3, -0.25) is 4.79 Å². The van der Waals surface area contributed by atoms with Crippen molar-refractivity contribution in [2.45, 2.75) is 33.2 Å². The Kier molecular flexibility index (Phi) is 5.99. The van der Waals surface area contributed by atoms with E-state index in [1.165, 1.54) is 31.7 Å². The molecule has 5 heteroatoms. The van der Waals surface area contributed by atoms with E-state index in [-0.39, 0.29) is 17.5 Å². The Bertz CT molecular complexity index is 540. The Morgan fingerprint density at radius 2 is 2.04 bits per heavy atom. The summed E-state index contributed by atoms with van der Waals surface area (Å²) in [6, 6.07) is 3.97. The van der Waals surface area contributed by atoms with Gasteiger partial charge >= 0.3 is 0 Å². The maximum absolute atomic E-state index is 13.4. The molecule has 1 aliphatic rings. The van der Waals surface area contributed by atoms with E-state index in [1.54, 1.807) is 0 Å². The molecule has 3 unspecified atom stereocenters. The number of methoxy groups -OCH3 is 1. The van der Waals surface area contributed by atoms with Crippen LogP contribution in [-0.4, -0.2) is 43.6 Å². The van der Waals surface area contributed by atoms with Gasteiger partial charge < -0.3 is 15.0 Å². The number of nitrogens with one attached hydrogen (secondary N) is 1. The number of piperidine rings is 1. The van der Waals surface area contributed by atoms with Gasteiger partial charge in [-0.1, -0.05) is 13.8 Å². The summed E-state index contributed by atoms with van der Waals surface area (Å²) in [5.41, 5.74) is 0.236. The van der Waals surface area contributed by atoms with Crippen LogP contribution in [-0.2, 0) is 0 Å². The zero-order valence-corrected chi connectivity index (χ0v) is 14.4. The number of carbonyl (C=O) groups excluding carboxylic acids is 1. The van der Waals surface area contributed by atoms with E-state index >= 15 is 0 Å². The summed E-state index contributed by atoms with van der Waals surface area (Å²) in [6.07, 6.45) is 1.26. The second-order valence-corrected chi connectivity index (χ2v) is 6.88. The lowest BCUT2D eigenvalue weighted by Gasteiger charge is -2.36. The van der Waals surface area contributed by atoms with E-state index in [1.807, 2.05) is 6.92 Å². The second kappa shape index (κ2) is 7.77. The van der Waals surface area contributed by atoms with Crippen LogP contribution in [0.2, 0.25) is 0 Å². The molecular weight excluding hydrogens is 295 g/mol. The molecule has 23 heavy (non-hydrogen) atoms. The number of halogens is 1. The Morgan fingerprint density at radius 1 is 1.39 bits per heavy atom. The van der Waals surface area contributed by atoms with Crippen molar-refractivity contribution in [1.29, 1.82) is 0 Å². The highest BCUT2D eigenvalue weighted by molar-refractivity contribution is 5.97. The molecule has 0 spiro atoms. The van der Waals surface area contributed by atoms with Crippen LogP contribution in [0.25, 0.3) is 0 Å². The lowest BCUT2D eigenvalue weighted by molar-refractivity contribution is 0.0901. The maximum atomic E-state index is 13.4. The molecule has 1 N–H and O–H groups in total. The average molecular weight is 322 g/mol. The van der Waals surface area contributed by atoms with Gasteiger partial charge in [0.1, 0.15) is 11.6 Å². The van der Waals surface area contributed by atoms with Crippen molar-refractivity contribution in [3.63, 3.8) is 0 Å². The third-order valence-electron chi connectivity index (χ3n) is 4.26. The SMILES string of the molecule is COc1ccc(F)cc1C(=O)NC(C)CN1CC(C)CC(C)C1. The minimum Gasteiger partial charge on any atom is -0.496 e. The highest BCUT2D eigenvalue weighted by atomic mass is 19.1. The molecule has 0 saturated carbocycles. The van der Waals surface area contributed by atoms with Gasteiger partial charge in [-0.25, -0.2) is 4.39 Å². The van der Waals surface area contributed by atoms with Crippen LogP contribution in [0.15, 0.2) is 18.2 Å². The number of benzene rings is 1. The molecule has 1 aromatic carbocycles. The lowest BCUT2D eigenvalue weighted by atomic mass is 9.92. The molecule has 1 amide bonds. The summed E-state index contributed by atoms with van der Waals surface area (Å²) in [4.78, 5) is 14.8. The summed E-state index contributed by atoms with van der Waals surface area (Å²) in [5.74, 6) is 1.01. The summed E-state index contributed by atoms with van der Waals surface area (Å²) >= 11 is 0. The molecule has 4 nitrogen and oxygen atoms in total. The van der Waals surface area contributed by atoms with Crippen LogP contribution >= 0.6 is 0 Å². The third kappa shape index (κ3) is 4.93. The van der Waals surface area contributed by atoms with Crippen LogP contribution in [0, 0.1) is 17.7 Å². The van der Waals surface area contributed by atoms with Crippen molar-refractivity contribution in [3.05, 3.63) is 29.6 Å². The van der Waals surface area contributed by atoms with E-state index in [4.69, 9.17) is 4.74 Å². The predicted molar refractivity (Wildman–Crippen MR) is 89.3 cm³/mol. The molecule has 1 aromatic rings. The molecule has 1 saturated heterocycles. The number of amides is 1. The van der Waals surface area contributed by atoms with Gasteiger partial charge in [0.15, 0.2) is 0 Å². The zero-order valence-electron chi connectivity index (χ0n) is 14.4. The molecule has 128 valence electrons. The van der Waals surface area contributed by atoms with E-state index in [0.717, 1.165) is 19.6 Å². The van der Waals surface area contributed by atoms with Crippen LogP contribution in [0.5, 0.6) is 5.75 Å². The minimum atomic E-state index is -0.442. The average Bonchev–Trinajstić information content (AvgIpc) is 2.45. The van der Waals surface area contributed by atoms with Crippen molar-refractivity contribution in [3.8, 4) is 5.75 Å². The van der Waals surface area contributed by atoms with Crippen molar-refractivity contribution >= 4 is 5.91 Å². The first-order valence-electron chi connectivity index (χ1n) is 8.25. The number of nitrogens with zero attached hydrogens (tertiary/aromatic N) is 1. The first kappa shape index (κ1) is 17.7. The van der Waals surface area contributed by atoms with Gasteiger partial charge in [-0.15, -0.1) is 0 Å². The van der Waals surface area contributed by atoms with E-state index in [9.17, 15) is 9.18 Å². The molecule has 0 radical (unpaired) electrons. The van der Waals surface area contributed by atoms with Crippen LogP contribution in [0.3, 0.4) is 0 Å². The fourth-order valence-corrected chi connectivity index (χ4v) is 3.53. The molecule has 1 aliphatic heterocycles. The Labute approximate surface area is 138 Å². The fraction of sp³-hybridized carbons (Fsp3) is 0.611. The quantitative estimate of drug-likeness (QED) is 0.906. The standard InChI is InChI=1S/C18H27FN2O2/c1-12-7-13(2)10-21(9-12)11-14(3)20-18(22)16-8-15(19)5-6-17(16)23-4/h5-6,8,12-14H,7,9-11H2,1-4H3,(H,20,22). The lowest BCUT2D eigenvalue weighted by Crippen LogP contribution is -2.47. The number of rotatable bonds is 5. The molecule has 1 heterocycles. The van der Waals surface area contributed by atoms with E-state index in [0.29, 0.717) is 17.6 Å². The number of likely N-dealkylation sites (tertiary alicyclic amines) is 1. The first-order valence-corrected chi connectivity index (χ1v) is 8.25. The topological polar surface area (TPSA) is 41.6 Å². The van der Waals surface area contributed by atoms with Crippen molar-refractivity contribution in [1.82, 2.24) is 10.2 Å². The predicted octanol–water partition coefficient (Wildman–Crippen LogP) is 2.93. The van der Waals surface area contributed by atoms with Gasteiger partial charge in [0.25, 0.3) is 5.91 Å². The number of ether oxygens (including phenoxy) is 1. The molecule has 3 atom stereocenters. The molecule has 1 fully saturated rings. The van der Waals surface area contributed by atoms with Gasteiger partial charge in [-0.05, 0) is 43.4 Å². The van der Waals surface area contributed by atoms with Crippen molar-refractivity contribution in [2.24, 2.45) is 11.8 Å². The smallest absolute Gasteiger partial charge is 0.255 e. The molecule has 0 aromatic heterocycles. The van der Waals surface area contributed by atoms with Gasteiger partial charge in [0, 0.05) is 25.7 Å². The summed E-state index contributed by atoms with van der Waals surface area (Å²) in [5, 5.41) is 2.95. The van der Waals surface area contributed by atoms with Crippen molar-refractivity contribution in [2.75, 3.05) is 26.7 Å². The summed E-state index contributed by atoms with van der Waals surface area (Å²) in [7, 11) is 1.48. The number of hydrogen-bond acceptors (Lipinski definition) is 3. The van der Waals surface area contributed by atoms with Gasteiger partial charge in [-0.2, -0.15) is 0 Å². The Hall–Kier alpha value is -1.62. The molecule has 0 aliphatic carbocycles. The van der Waals surface area contributed by atoms with Crippen LogP contribution < -0.4 is 10.1 Å². The molecule has 2 rings (SSSR count). The zero-order chi connectivity index (χ0) is 17.0. The van der Waals surface area contributed by atoms with Gasteiger partial charge in [0.2, 0.25) is 0 Å². The Balaban J connectivity index is 1.96. The van der Waals surface area contributed by atoms with E-state index in [2.05, 4.69) is 24.1 Å². The molecular formula is C18H27FN2O2. The maximum Gasteiger partial charge on any atom is 0.255 e. The van der Waals surface area contributed by atoms with E-state index < -0.39 is 5.82 Å². The number of carbonyl (C=O) groups is 1. The van der Waals surface area contributed by atoms with Crippen LogP contribution in [0.4, 0.5) is 4.39 Å². The third-order valence-corrected chi connectivity index (χ3v) is 4.26. The highest BCUT2D eigenvalue weighted by Gasteiger charge is 2.24. The summed E-state index contributed by atoms with van der Waals surface area (Å²) < 4.78 is 18.5. The normalized spacial score (nSPS) is 23.3. The van der Waals surface area contributed by atoms with Crippen molar-refractivity contribution < 1.29 is 13.9 Å². The second-order valence-electron chi connectivity index (χ2n) is 6.88. The molecule has 0 bridgehead atoms.